The largest absolute Gasteiger partial charge is 0.497 e. The number of thioether (sulfide) groups is 1. The summed E-state index contributed by atoms with van der Waals surface area (Å²) in [5.74, 6) is 1.37. The maximum atomic E-state index is 11.9. The fourth-order valence-electron chi connectivity index (χ4n) is 4.01. The standard InChI is InChI=1S/C19H25N3O4S2/c1-26-15-9-7-13(8-10-15)18-20-21-19(22(18)14-5-3-2-4-6-14)27-17-12-28(24,25)11-16(17)23/h7-10,14,16-17,23H,2-6,11-12H2,1H3/t16-,17+/m1/s1. The molecule has 4 rings (SSSR count). The van der Waals surface area contributed by atoms with Gasteiger partial charge in [0.05, 0.1) is 30.0 Å². The third-order valence-electron chi connectivity index (χ3n) is 5.48. The zero-order valence-electron chi connectivity index (χ0n) is 15.8. The van der Waals surface area contributed by atoms with Gasteiger partial charge >= 0.3 is 0 Å². The highest BCUT2D eigenvalue weighted by atomic mass is 32.2. The van der Waals surface area contributed by atoms with Gasteiger partial charge in [0, 0.05) is 11.6 Å². The van der Waals surface area contributed by atoms with Gasteiger partial charge in [0.15, 0.2) is 20.8 Å². The highest BCUT2D eigenvalue weighted by Crippen LogP contribution is 2.38. The van der Waals surface area contributed by atoms with Crippen molar-refractivity contribution < 1.29 is 18.3 Å². The lowest BCUT2D eigenvalue weighted by atomic mass is 9.95. The summed E-state index contributed by atoms with van der Waals surface area (Å²) >= 11 is 1.34. The number of ether oxygens (including phenoxy) is 1. The lowest BCUT2D eigenvalue weighted by Gasteiger charge is -2.26. The lowest BCUT2D eigenvalue weighted by Crippen LogP contribution is -2.22. The minimum absolute atomic E-state index is 0.0196. The van der Waals surface area contributed by atoms with E-state index < -0.39 is 21.2 Å². The Morgan fingerprint density at radius 2 is 1.82 bits per heavy atom. The molecule has 1 aromatic carbocycles. The van der Waals surface area contributed by atoms with E-state index in [1.165, 1.54) is 18.2 Å². The minimum Gasteiger partial charge on any atom is -0.497 e. The van der Waals surface area contributed by atoms with Gasteiger partial charge in [-0.15, -0.1) is 10.2 Å². The van der Waals surface area contributed by atoms with E-state index in [4.69, 9.17) is 4.74 Å². The molecule has 152 valence electrons. The van der Waals surface area contributed by atoms with Gasteiger partial charge < -0.3 is 9.84 Å². The Labute approximate surface area is 169 Å². The van der Waals surface area contributed by atoms with Gasteiger partial charge in [-0.1, -0.05) is 31.0 Å². The average Bonchev–Trinajstić information content (AvgIpc) is 3.22. The van der Waals surface area contributed by atoms with Crippen LogP contribution in [0.5, 0.6) is 5.75 Å². The van der Waals surface area contributed by atoms with Gasteiger partial charge in [0.2, 0.25) is 0 Å². The van der Waals surface area contributed by atoms with Crippen LogP contribution < -0.4 is 4.74 Å². The van der Waals surface area contributed by atoms with Crippen LogP contribution in [-0.2, 0) is 9.84 Å². The Kier molecular flexibility index (Phi) is 5.66. The fraction of sp³-hybridized carbons (Fsp3) is 0.579. The smallest absolute Gasteiger partial charge is 0.192 e. The molecule has 1 saturated heterocycles. The van der Waals surface area contributed by atoms with Crippen molar-refractivity contribution in [3.8, 4) is 17.1 Å². The van der Waals surface area contributed by atoms with E-state index in [9.17, 15) is 13.5 Å². The van der Waals surface area contributed by atoms with Crippen molar-refractivity contribution >= 4 is 21.6 Å². The first-order valence-electron chi connectivity index (χ1n) is 9.61. The summed E-state index contributed by atoms with van der Waals surface area (Å²) in [6.45, 7) is 0. The van der Waals surface area contributed by atoms with Crippen molar-refractivity contribution in [2.75, 3.05) is 18.6 Å². The quantitative estimate of drug-likeness (QED) is 0.790. The number of nitrogens with zero attached hydrogens (tertiary/aromatic N) is 3. The van der Waals surface area contributed by atoms with E-state index in [0.29, 0.717) is 11.2 Å². The third-order valence-corrected chi connectivity index (χ3v) is 8.68. The molecule has 1 aliphatic carbocycles. The predicted octanol–water partition coefficient (Wildman–Crippen LogP) is 2.71. The van der Waals surface area contributed by atoms with E-state index in [0.717, 1.165) is 42.8 Å². The number of aliphatic hydroxyl groups excluding tert-OH is 1. The number of methoxy groups -OCH3 is 1. The summed E-state index contributed by atoms with van der Waals surface area (Å²) in [7, 11) is -1.56. The van der Waals surface area contributed by atoms with Crippen LogP contribution >= 0.6 is 11.8 Å². The summed E-state index contributed by atoms with van der Waals surface area (Å²) in [4.78, 5) is 0. The Morgan fingerprint density at radius 3 is 2.43 bits per heavy atom. The molecule has 2 fully saturated rings. The number of rotatable bonds is 5. The Morgan fingerprint density at radius 1 is 1.11 bits per heavy atom. The van der Waals surface area contributed by atoms with Gasteiger partial charge in [0.25, 0.3) is 0 Å². The molecule has 0 spiro atoms. The number of benzene rings is 1. The van der Waals surface area contributed by atoms with E-state index in [1.54, 1.807) is 7.11 Å². The van der Waals surface area contributed by atoms with Crippen LogP contribution in [0.1, 0.15) is 38.1 Å². The van der Waals surface area contributed by atoms with Gasteiger partial charge in [-0.05, 0) is 37.1 Å². The van der Waals surface area contributed by atoms with Crippen molar-refractivity contribution in [3.05, 3.63) is 24.3 Å². The zero-order valence-corrected chi connectivity index (χ0v) is 17.5. The van der Waals surface area contributed by atoms with Crippen LogP contribution in [0.25, 0.3) is 11.4 Å². The molecule has 1 saturated carbocycles. The maximum absolute atomic E-state index is 11.9. The molecule has 0 bridgehead atoms. The van der Waals surface area contributed by atoms with E-state index in [1.807, 2.05) is 24.3 Å². The highest BCUT2D eigenvalue weighted by molar-refractivity contribution is 8.01. The Hall–Kier alpha value is -1.58. The number of hydrogen-bond acceptors (Lipinski definition) is 7. The van der Waals surface area contributed by atoms with Crippen molar-refractivity contribution in [2.24, 2.45) is 0 Å². The first-order valence-corrected chi connectivity index (χ1v) is 12.3. The first kappa shape index (κ1) is 19.7. The normalized spacial score (nSPS) is 25.1. The zero-order chi connectivity index (χ0) is 19.7. The molecule has 0 amide bonds. The summed E-state index contributed by atoms with van der Waals surface area (Å²) in [5, 5.41) is 19.3. The topological polar surface area (TPSA) is 94.3 Å². The lowest BCUT2D eigenvalue weighted by molar-refractivity contribution is 0.207. The molecule has 1 N–H and O–H groups in total. The van der Waals surface area contributed by atoms with Gasteiger partial charge in [-0.3, -0.25) is 4.57 Å². The van der Waals surface area contributed by atoms with Crippen molar-refractivity contribution in [1.29, 1.82) is 0 Å². The molecular formula is C19H25N3O4S2. The number of hydrogen-bond donors (Lipinski definition) is 1. The van der Waals surface area contributed by atoms with Gasteiger partial charge in [-0.25, -0.2) is 8.42 Å². The summed E-state index contributed by atoms with van der Waals surface area (Å²) < 4.78 is 31.2. The first-order chi connectivity index (χ1) is 13.5. The van der Waals surface area contributed by atoms with Crippen LogP contribution in [0.2, 0.25) is 0 Å². The van der Waals surface area contributed by atoms with Crippen molar-refractivity contribution in [1.82, 2.24) is 14.8 Å². The van der Waals surface area contributed by atoms with Gasteiger partial charge in [0.1, 0.15) is 5.75 Å². The highest BCUT2D eigenvalue weighted by Gasteiger charge is 2.38. The maximum Gasteiger partial charge on any atom is 0.192 e. The molecule has 28 heavy (non-hydrogen) atoms. The molecule has 2 aliphatic rings. The summed E-state index contributed by atoms with van der Waals surface area (Å²) in [5.41, 5.74) is 0.949. The third kappa shape index (κ3) is 4.06. The molecule has 9 heteroatoms. The second-order valence-electron chi connectivity index (χ2n) is 7.50. The summed E-state index contributed by atoms with van der Waals surface area (Å²) in [6, 6.07) is 8.01. The molecule has 2 aromatic rings. The molecule has 1 aromatic heterocycles. The predicted molar refractivity (Wildman–Crippen MR) is 108 cm³/mol. The fourth-order valence-corrected chi connectivity index (χ4v) is 7.60. The molecule has 0 unspecified atom stereocenters. The summed E-state index contributed by atoms with van der Waals surface area (Å²) in [6.07, 6.45) is 4.81. The van der Waals surface area contributed by atoms with Gasteiger partial charge in [-0.2, -0.15) is 0 Å². The molecule has 0 radical (unpaired) electrons. The second kappa shape index (κ2) is 8.04. The average molecular weight is 424 g/mol. The molecule has 7 nitrogen and oxygen atoms in total. The minimum atomic E-state index is -3.20. The van der Waals surface area contributed by atoms with Crippen LogP contribution in [-0.4, -0.2) is 58.3 Å². The molecule has 2 atom stereocenters. The van der Waals surface area contributed by atoms with E-state index in [2.05, 4.69) is 14.8 Å². The number of aromatic nitrogens is 3. The molecule has 2 heterocycles. The van der Waals surface area contributed by atoms with E-state index >= 15 is 0 Å². The van der Waals surface area contributed by atoms with E-state index in [-0.39, 0.29) is 11.5 Å². The number of aliphatic hydroxyl groups is 1. The van der Waals surface area contributed by atoms with Crippen LogP contribution in [0.15, 0.2) is 29.4 Å². The SMILES string of the molecule is COc1ccc(-c2nnc(S[C@H]3CS(=O)(=O)C[C@H]3O)n2C2CCCCC2)cc1. The van der Waals surface area contributed by atoms with Crippen LogP contribution in [0.4, 0.5) is 0 Å². The Bertz CT molecular complexity index is 921. The number of sulfone groups is 1. The molecule has 1 aliphatic heterocycles. The van der Waals surface area contributed by atoms with Crippen LogP contribution in [0.3, 0.4) is 0 Å². The second-order valence-corrected chi connectivity index (χ2v) is 10.9. The molecular weight excluding hydrogens is 398 g/mol. The van der Waals surface area contributed by atoms with Crippen molar-refractivity contribution in [3.63, 3.8) is 0 Å². The van der Waals surface area contributed by atoms with Crippen molar-refractivity contribution in [2.45, 2.75) is 54.7 Å². The monoisotopic (exact) mass is 423 g/mol. The Balaban J connectivity index is 1.68. The van der Waals surface area contributed by atoms with Crippen LogP contribution in [0, 0.1) is 0 Å².